The zero-order valence-corrected chi connectivity index (χ0v) is 14.6. The standard InChI is InChI=1S/C17H18BrNO2S/c18-14-3-1-12(2-4-14)16-6-5-15(22-16)11-19-9-7-13(8-10-19)17(20)21/h1-6,13H,7-11H2,(H,20,21). The number of nitrogens with zero attached hydrogens (tertiary/aromatic N) is 1. The molecule has 1 fully saturated rings. The number of carboxylic acid groups (broad SMARTS) is 1. The van der Waals surface area contributed by atoms with Crippen LogP contribution < -0.4 is 0 Å². The van der Waals surface area contributed by atoms with Crippen LogP contribution in [0.4, 0.5) is 0 Å². The molecule has 0 atom stereocenters. The highest BCUT2D eigenvalue weighted by Crippen LogP contribution is 2.30. The Hall–Kier alpha value is -1.17. The zero-order chi connectivity index (χ0) is 15.5. The molecule has 1 saturated heterocycles. The van der Waals surface area contributed by atoms with Gasteiger partial charge in [-0.25, -0.2) is 0 Å². The summed E-state index contributed by atoms with van der Waals surface area (Å²) in [5.41, 5.74) is 1.24. The Balaban J connectivity index is 1.60. The summed E-state index contributed by atoms with van der Waals surface area (Å²) < 4.78 is 1.09. The van der Waals surface area contributed by atoms with E-state index in [2.05, 4.69) is 57.2 Å². The minimum Gasteiger partial charge on any atom is -0.481 e. The first kappa shape index (κ1) is 15.7. The lowest BCUT2D eigenvalue weighted by atomic mass is 9.97. The molecule has 0 amide bonds. The lowest BCUT2D eigenvalue weighted by Crippen LogP contribution is -2.35. The second kappa shape index (κ2) is 6.94. The van der Waals surface area contributed by atoms with Crippen LogP contribution in [-0.4, -0.2) is 29.1 Å². The monoisotopic (exact) mass is 379 g/mol. The molecule has 1 aromatic heterocycles. The quantitative estimate of drug-likeness (QED) is 0.851. The van der Waals surface area contributed by atoms with E-state index in [1.54, 1.807) is 0 Å². The molecule has 22 heavy (non-hydrogen) atoms. The largest absolute Gasteiger partial charge is 0.481 e. The van der Waals surface area contributed by atoms with Gasteiger partial charge in [-0.1, -0.05) is 28.1 Å². The number of aliphatic carboxylic acids is 1. The zero-order valence-electron chi connectivity index (χ0n) is 12.2. The highest BCUT2D eigenvalue weighted by Gasteiger charge is 2.24. The second-order valence-electron chi connectivity index (χ2n) is 5.66. The minimum absolute atomic E-state index is 0.155. The topological polar surface area (TPSA) is 40.5 Å². The van der Waals surface area contributed by atoms with Crippen LogP contribution in [0.5, 0.6) is 0 Å². The highest BCUT2D eigenvalue weighted by atomic mass is 79.9. The maximum atomic E-state index is 11.0. The van der Waals surface area contributed by atoms with Crippen molar-refractivity contribution in [2.45, 2.75) is 19.4 Å². The molecule has 3 rings (SSSR count). The van der Waals surface area contributed by atoms with Gasteiger partial charge in [0.1, 0.15) is 0 Å². The maximum absolute atomic E-state index is 11.0. The van der Waals surface area contributed by atoms with Crippen LogP contribution in [-0.2, 0) is 11.3 Å². The molecule has 0 spiro atoms. The summed E-state index contributed by atoms with van der Waals surface area (Å²) in [7, 11) is 0. The van der Waals surface area contributed by atoms with Crippen LogP contribution in [0.15, 0.2) is 40.9 Å². The smallest absolute Gasteiger partial charge is 0.306 e. The molecule has 116 valence electrons. The second-order valence-corrected chi connectivity index (χ2v) is 7.75. The molecule has 1 aliphatic heterocycles. The molecule has 1 aromatic carbocycles. The molecule has 1 aliphatic rings. The summed E-state index contributed by atoms with van der Waals surface area (Å²) in [4.78, 5) is 16.0. The van der Waals surface area contributed by atoms with Crippen LogP contribution in [0.1, 0.15) is 17.7 Å². The maximum Gasteiger partial charge on any atom is 0.306 e. The Morgan fingerprint density at radius 2 is 1.86 bits per heavy atom. The summed E-state index contributed by atoms with van der Waals surface area (Å²) in [6.45, 7) is 2.68. The number of halogens is 1. The summed E-state index contributed by atoms with van der Waals surface area (Å²) in [5, 5.41) is 9.04. The predicted molar refractivity (Wildman–Crippen MR) is 93.1 cm³/mol. The van der Waals surface area contributed by atoms with Crippen LogP contribution >= 0.6 is 27.3 Å². The van der Waals surface area contributed by atoms with Crippen molar-refractivity contribution in [2.24, 2.45) is 5.92 Å². The lowest BCUT2D eigenvalue weighted by Gasteiger charge is -2.29. The molecule has 5 heteroatoms. The van der Waals surface area contributed by atoms with Crippen molar-refractivity contribution in [2.75, 3.05) is 13.1 Å². The molecule has 0 aliphatic carbocycles. The number of carboxylic acids is 1. The van der Waals surface area contributed by atoms with Crippen molar-refractivity contribution < 1.29 is 9.90 Å². The van der Waals surface area contributed by atoms with Crippen LogP contribution in [0, 0.1) is 5.92 Å². The van der Waals surface area contributed by atoms with Crippen molar-refractivity contribution in [1.82, 2.24) is 4.90 Å². The van der Waals surface area contributed by atoms with E-state index in [-0.39, 0.29) is 5.92 Å². The van der Waals surface area contributed by atoms with Gasteiger partial charge in [-0.2, -0.15) is 0 Å². The van der Waals surface area contributed by atoms with Crippen LogP contribution in [0.25, 0.3) is 10.4 Å². The van der Waals surface area contributed by atoms with E-state index in [4.69, 9.17) is 5.11 Å². The third-order valence-electron chi connectivity index (χ3n) is 4.11. The molecule has 2 aromatic rings. The van der Waals surface area contributed by atoms with Crippen molar-refractivity contribution in [3.63, 3.8) is 0 Å². The molecule has 0 bridgehead atoms. The lowest BCUT2D eigenvalue weighted by molar-refractivity contribution is -0.143. The third-order valence-corrected chi connectivity index (χ3v) is 5.75. The van der Waals surface area contributed by atoms with E-state index in [1.807, 2.05) is 11.3 Å². The Bertz CT molecular complexity index is 645. The number of hydrogen-bond acceptors (Lipinski definition) is 3. The summed E-state index contributed by atoms with van der Waals surface area (Å²) in [6, 6.07) is 12.7. The Morgan fingerprint density at radius 3 is 2.50 bits per heavy atom. The van der Waals surface area contributed by atoms with Crippen molar-refractivity contribution in [3.05, 3.63) is 45.7 Å². The van der Waals surface area contributed by atoms with Crippen LogP contribution in [0.3, 0.4) is 0 Å². The summed E-state index contributed by atoms with van der Waals surface area (Å²) in [6.07, 6.45) is 1.53. The van der Waals surface area contributed by atoms with E-state index in [0.717, 1.165) is 36.9 Å². The highest BCUT2D eigenvalue weighted by molar-refractivity contribution is 9.10. The van der Waals surface area contributed by atoms with Gasteiger partial charge in [-0.05, 0) is 55.8 Å². The van der Waals surface area contributed by atoms with Crippen molar-refractivity contribution in [3.8, 4) is 10.4 Å². The first-order valence-electron chi connectivity index (χ1n) is 7.41. The first-order chi connectivity index (χ1) is 10.6. The number of carbonyl (C=O) groups is 1. The van der Waals surface area contributed by atoms with Gasteiger partial charge in [-0.15, -0.1) is 11.3 Å². The molecule has 0 unspecified atom stereocenters. The summed E-state index contributed by atoms with van der Waals surface area (Å²) in [5.74, 6) is -0.800. The number of piperidine rings is 1. The molecule has 0 radical (unpaired) electrons. The average molecular weight is 380 g/mol. The van der Waals surface area contributed by atoms with E-state index in [0.29, 0.717) is 0 Å². The van der Waals surface area contributed by atoms with E-state index >= 15 is 0 Å². The van der Waals surface area contributed by atoms with E-state index in [9.17, 15) is 4.79 Å². The Kier molecular flexibility index (Phi) is 4.96. The number of thiophene rings is 1. The molecule has 3 nitrogen and oxygen atoms in total. The van der Waals surface area contributed by atoms with Gasteiger partial charge >= 0.3 is 5.97 Å². The molecule has 2 heterocycles. The minimum atomic E-state index is -0.645. The predicted octanol–water partition coefficient (Wildman–Crippen LogP) is 4.47. The summed E-state index contributed by atoms with van der Waals surface area (Å²) >= 11 is 5.28. The number of likely N-dealkylation sites (tertiary alicyclic amines) is 1. The fraction of sp³-hybridized carbons (Fsp3) is 0.353. The average Bonchev–Trinajstić information content (AvgIpc) is 2.97. The normalized spacial score (nSPS) is 16.8. The first-order valence-corrected chi connectivity index (χ1v) is 9.02. The molecule has 0 saturated carbocycles. The Labute approximate surface area is 142 Å². The molecular formula is C17H18BrNO2S. The van der Waals surface area contributed by atoms with Gasteiger partial charge in [0.05, 0.1) is 5.92 Å². The molecular weight excluding hydrogens is 362 g/mol. The van der Waals surface area contributed by atoms with Gasteiger partial charge in [0.15, 0.2) is 0 Å². The Morgan fingerprint density at radius 1 is 1.18 bits per heavy atom. The van der Waals surface area contributed by atoms with Gasteiger partial charge in [-0.3, -0.25) is 9.69 Å². The number of hydrogen-bond donors (Lipinski definition) is 1. The fourth-order valence-corrected chi connectivity index (χ4v) is 4.11. The SMILES string of the molecule is O=C(O)C1CCN(Cc2ccc(-c3ccc(Br)cc3)s2)CC1. The third kappa shape index (κ3) is 3.77. The number of rotatable bonds is 4. The van der Waals surface area contributed by atoms with Gasteiger partial charge < -0.3 is 5.11 Å². The van der Waals surface area contributed by atoms with Crippen molar-refractivity contribution in [1.29, 1.82) is 0 Å². The fourth-order valence-electron chi connectivity index (χ4n) is 2.79. The van der Waals surface area contributed by atoms with Crippen LogP contribution in [0.2, 0.25) is 0 Å². The number of benzene rings is 1. The molecule has 1 N–H and O–H groups in total. The van der Waals surface area contributed by atoms with Gasteiger partial charge in [0, 0.05) is 20.8 Å². The van der Waals surface area contributed by atoms with Crippen molar-refractivity contribution >= 4 is 33.2 Å². The van der Waals surface area contributed by atoms with Gasteiger partial charge in [0.2, 0.25) is 0 Å². The van der Waals surface area contributed by atoms with E-state index in [1.165, 1.54) is 15.3 Å². The van der Waals surface area contributed by atoms with Gasteiger partial charge in [0.25, 0.3) is 0 Å². The van der Waals surface area contributed by atoms with E-state index < -0.39 is 5.97 Å².